The van der Waals surface area contributed by atoms with Gasteiger partial charge in [-0.25, -0.2) is 19.0 Å². The molecule has 1 aromatic carbocycles. The number of benzene rings is 1. The summed E-state index contributed by atoms with van der Waals surface area (Å²) in [6.07, 6.45) is 3.24. The first-order chi connectivity index (χ1) is 12.1. The van der Waals surface area contributed by atoms with Crippen molar-refractivity contribution in [1.29, 1.82) is 0 Å². The van der Waals surface area contributed by atoms with Crippen LogP contribution in [-0.2, 0) is 25.8 Å². The summed E-state index contributed by atoms with van der Waals surface area (Å²) >= 11 is 0. The van der Waals surface area contributed by atoms with Crippen molar-refractivity contribution in [3.63, 3.8) is 0 Å². The summed E-state index contributed by atoms with van der Waals surface area (Å²) in [5.41, 5.74) is 1.45. The predicted molar refractivity (Wildman–Crippen MR) is 93.7 cm³/mol. The standard InChI is InChI=1S/C18H24FN5O/c1-3-12(2)10-17-22-18(24(23-17)8-9-25)7-6-16-20-14-5-4-13(19)11-15(14)21-16/h4-5,11-12,25H,3,6-10H2,1-2H3,(H,20,21)/t12-/m0/s1. The summed E-state index contributed by atoms with van der Waals surface area (Å²) in [5, 5.41) is 13.8. The Morgan fingerprint density at radius 3 is 2.88 bits per heavy atom. The fraction of sp³-hybridized carbons (Fsp3) is 0.500. The van der Waals surface area contributed by atoms with Crippen LogP contribution in [0, 0.1) is 11.7 Å². The Labute approximate surface area is 146 Å². The van der Waals surface area contributed by atoms with Gasteiger partial charge < -0.3 is 10.1 Å². The summed E-state index contributed by atoms with van der Waals surface area (Å²) in [6, 6.07) is 4.53. The molecule has 2 heterocycles. The summed E-state index contributed by atoms with van der Waals surface area (Å²) in [4.78, 5) is 12.3. The summed E-state index contributed by atoms with van der Waals surface area (Å²) in [5.74, 6) is 2.72. The Hall–Kier alpha value is -2.28. The number of aliphatic hydroxyl groups is 1. The van der Waals surface area contributed by atoms with Crippen molar-refractivity contribution in [2.45, 2.75) is 46.1 Å². The van der Waals surface area contributed by atoms with E-state index < -0.39 is 0 Å². The number of imidazole rings is 1. The Kier molecular flexibility index (Phi) is 5.43. The van der Waals surface area contributed by atoms with Gasteiger partial charge in [0, 0.05) is 19.3 Å². The second kappa shape index (κ2) is 7.74. The van der Waals surface area contributed by atoms with Gasteiger partial charge in [-0.15, -0.1) is 0 Å². The van der Waals surface area contributed by atoms with Crippen LogP contribution in [0.2, 0.25) is 0 Å². The molecule has 25 heavy (non-hydrogen) atoms. The van der Waals surface area contributed by atoms with Crippen LogP contribution in [0.1, 0.15) is 37.7 Å². The minimum Gasteiger partial charge on any atom is -0.394 e. The SMILES string of the molecule is CC[C@H](C)Cc1nc(CCc2nc3ccc(F)cc3[nH]2)n(CCO)n1. The van der Waals surface area contributed by atoms with Gasteiger partial charge in [-0.1, -0.05) is 20.3 Å². The lowest BCUT2D eigenvalue weighted by Gasteiger charge is -2.03. The lowest BCUT2D eigenvalue weighted by atomic mass is 10.1. The van der Waals surface area contributed by atoms with E-state index in [-0.39, 0.29) is 12.4 Å². The summed E-state index contributed by atoms with van der Waals surface area (Å²) < 4.78 is 15.1. The lowest BCUT2D eigenvalue weighted by Crippen LogP contribution is -2.10. The fourth-order valence-electron chi connectivity index (χ4n) is 2.81. The molecule has 0 saturated carbocycles. The third-order valence-electron chi connectivity index (χ3n) is 4.41. The molecule has 134 valence electrons. The smallest absolute Gasteiger partial charge is 0.151 e. The Morgan fingerprint density at radius 2 is 2.12 bits per heavy atom. The van der Waals surface area contributed by atoms with Gasteiger partial charge in [0.1, 0.15) is 17.5 Å². The van der Waals surface area contributed by atoms with Gasteiger partial charge in [0.15, 0.2) is 5.82 Å². The number of aryl methyl sites for hydroxylation is 2. The molecule has 0 aliphatic rings. The van der Waals surface area contributed by atoms with Gasteiger partial charge >= 0.3 is 0 Å². The molecule has 0 fully saturated rings. The van der Waals surface area contributed by atoms with Crippen LogP contribution in [0.4, 0.5) is 4.39 Å². The molecule has 6 nitrogen and oxygen atoms in total. The molecule has 0 saturated heterocycles. The van der Waals surface area contributed by atoms with Crippen molar-refractivity contribution in [3.05, 3.63) is 41.5 Å². The van der Waals surface area contributed by atoms with E-state index in [1.807, 2.05) is 0 Å². The van der Waals surface area contributed by atoms with Crippen LogP contribution in [0.5, 0.6) is 0 Å². The minimum absolute atomic E-state index is 0.0308. The zero-order chi connectivity index (χ0) is 17.8. The van der Waals surface area contributed by atoms with Crippen LogP contribution < -0.4 is 0 Å². The van der Waals surface area contributed by atoms with E-state index in [0.717, 1.165) is 35.8 Å². The van der Waals surface area contributed by atoms with Crippen molar-refractivity contribution in [2.24, 2.45) is 5.92 Å². The first-order valence-corrected chi connectivity index (χ1v) is 8.76. The molecule has 3 rings (SSSR count). The molecule has 0 unspecified atom stereocenters. The van der Waals surface area contributed by atoms with Gasteiger partial charge in [0.2, 0.25) is 0 Å². The zero-order valence-electron chi connectivity index (χ0n) is 14.7. The van der Waals surface area contributed by atoms with E-state index in [0.29, 0.717) is 30.8 Å². The molecule has 0 amide bonds. The van der Waals surface area contributed by atoms with E-state index in [1.165, 1.54) is 12.1 Å². The molecule has 0 spiro atoms. The van der Waals surface area contributed by atoms with Gasteiger partial charge in [-0.05, 0) is 24.1 Å². The number of hydrogen-bond acceptors (Lipinski definition) is 4. The average molecular weight is 345 g/mol. The van der Waals surface area contributed by atoms with Crippen LogP contribution in [0.15, 0.2) is 18.2 Å². The minimum atomic E-state index is -0.278. The molecule has 0 bridgehead atoms. The number of nitrogens with one attached hydrogen (secondary N) is 1. The molecule has 2 aromatic heterocycles. The molecular weight excluding hydrogens is 321 g/mol. The largest absolute Gasteiger partial charge is 0.394 e. The zero-order valence-corrected chi connectivity index (χ0v) is 14.7. The van der Waals surface area contributed by atoms with Gasteiger partial charge in [-0.3, -0.25) is 0 Å². The molecule has 0 aliphatic heterocycles. The topological polar surface area (TPSA) is 79.6 Å². The average Bonchev–Trinajstić information content (AvgIpc) is 3.16. The predicted octanol–water partition coefficient (Wildman–Crippen LogP) is 2.66. The molecule has 0 aliphatic carbocycles. The van der Waals surface area contributed by atoms with Gasteiger partial charge in [0.25, 0.3) is 0 Å². The molecular formula is C18H24FN5O. The highest BCUT2D eigenvalue weighted by molar-refractivity contribution is 5.74. The third-order valence-corrected chi connectivity index (χ3v) is 4.41. The van der Waals surface area contributed by atoms with E-state index in [1.54, 1.807) is 10.7 Å². The van der Waals surface area contributed by atoms with Crippen LogP contribution in [0.25, 0.3) is 11.0 Å². The number of halogens is 1. The van der Waals surface area contributed by atoms with Gasteiger partial charge in [0.05, 0.1) is 24.2 Å². The van der Waals surface area contributed by atoms with E-state index in [4.69, 9.17) is 0 Å². The van der Waals surface area contributed by atoms with Crippen LogP contribution in [-0.4, -0.2) is 36.4 Å². The van der Waals surface area contributed by atoms with E-state index in [9.17, 15) is 9.50 Å². The van der Waals surface area contributed by atoms with Crippen molar-refractivity contribution in [1.82, 2.24) is 24.7 Å². The Balaban J connectivity index is 1.73. The van der Waals surface area contributed by atoms with Crippen molar-refractivity contribution in [3.8, 4) is 0 Å². The molecule has 7 heteroatoms. The second-order valence-corrected chi connectivity index (χ2v) is 6.45. The Bertz CT molecular complexity index is 841. The van der Waals surface area contributed by atoms with Crippen molar-refractivity contribution < 1.29 is 9.50 Å². The van der Waals surface area contributed by atoms with Crippen molar-refractivity contribution in [2.75, 3.05) is 6.61 Å². The fourth-order valence-corrected chi connectivity index (χ4v) is 2.81. The normalized spacial score (nSPS) is 12.8. The third kappa shape index (κ3) is 4.22. The molecule has 0 radical (unpaired) electrons. The first kappa shape index (κ1) is 17.5. The maximum atomic E-state index is 13.3. The molecule has 2 N–H and O–H groups in total. The number of fused-ring (bicyclic) bond motifs is 1. The maximum Gasteiger partial charge on any atom is 0.151 e. The summed E-state index contributed by atoms with van der Waals surface area (Å²) in [7, 11) is 0. The monoisotopic (exact) mass is 345 g/mol. The van der Waals surface area contributed by atoms with Gasteiger partial charge in [-0.2, -0.15) is 5.10 Å². The number of H-pyrrole nitrogens is 1. The number of aromatic amines is 1. The van der Waals surface area contributed by atoms with E-state index in [2.05, 4.69) is 33.9 Å². The highest BCUT2D eigenvalue weighted by Gasteiger charge is 2.13. The molecule has 1 atom stereocenters. The highest BCUT2D eigenvalue weighted by Crippen LogP contribution is 2.15. The number of hydrogen-bond donors (Lipinski definition) is 2. The van der Waals surface area contributed by atoms with E-state index >= 15 is 0 Å². The number of aliphatic hydroxyl groups excluding tert-OH is 1. The quantitative estimate of drug-likeness (QED) is 0.658. The second-order valence-electron chi connectivity index (χ2n) is 6.45. The van der Waals surface area contributed by atoms with Crippen molar-refractivity contribution >= 4 is 11.0 Å². The highest BCUT2D eigenvalue weighted by atomic mass is 19.1. The summed E-state index contributed by atoms with van der Waals surface area (Å²) in [6.45, 7) is 4.80. The van der Waals surface area contributed by atoms with Crippen LogP contribution in [0.3, 0.4) is 0 Å². The van der Waals surface area contributed by atoms with Crippen LogP contribution >= 0.6 is 0 Å². The maximum absolute atomic E-state index is 13.3. The number of rotatable bonds is 8. The number of aromatic nitrogens is 5. The Morgan fingerprint density at radius 1 is 1.28 bits per heavy atom. The first-order valence-electron chi connectivity index (χ1n) is 8.76. The number of nitrogens with zero attached hydrogens (tertiary/aromatic N) is 4. The molecule has 3 aromatic rings. The lowest BCUT2D eigenvalue weighted by molar-refractivity contribution is 0.266.